The number of aliphatic hydroxyl groups is 1. The van der Waals surface area contributed by atoms with Gasteiger partial charge in [-0.3, -0.25) is 0 Å². The summed E-state index contributed by atoms with van der Waals surface area (Å²) in [7, 11) is 0. The lowest BCUT2D eigenvalue weighted by atomic mass is 10.0. The number of nitrogens with one attached hydrogen (secondary N) is 1. The van der Waals surface area contributed by atoms with Crippen LogP contribution in [0.5, 0.6) is 5.75 Å². The average Bonchev–Trinajstić information content (AvgIpc) is 2.47. The zero-order valence-corrected chi connectivity index (χ0v) is 13.4. The van der Waals surface area contributed by atoms with Crippen molar-refractivity contribution >= 4 is 23.2 Å². The van der Waals surface area contributed by atoms with E-state index < -0.39 is 6.10 Å². The molecule has 0 aliphatic carbocycles. The molecule has 1 aromatic rings. The second-order valence-corrected chi connectivity index (χ2v) is 6.12. The number of ether oxygens (including phenoxy) is 2. The van der Waals surface area contributed by atoms with Crippen molar-refractivity contribution in [3.63, 3.8) is 0 Å². The molecule has 21 heavy (non-hydrogen) atoms. The quantitative estimate of drug-likeness (QED) is 0.805. The van der Waals surface area contributed by atoms with Crippen molar-refractivity contribution in [2.45, 2.75) is 18.9 Å². The van der Waals surface area contributed by atoms with Crippen molar-refractivity contribution in [1.82, 2.24) is 5.32 Å². The van der Waals surface area contributed by atoms with Crippen LogP contribution in [0, 0.1) is 5.92 Å². The van der Waals surface area contributed by atoms with E-state index in [0.717, 1.165) is 26.2 Å². The molecule has 0 spiro atoms. The van der Waals surface area contributed by atoms with E-state index in [-0.39, 0.29) is 6.61 Å². The molecule has 1 heterocycles. The Hall–Kier alpha value is -0.520. The van der Waals surface area contributed by atoms with Gasteiger partial charge in [-0.1, -0.05) is 23.2 Å². The zero-order valence-electron chi connectivity index (χ0n) is 11.9. The van der Waals surface area contributed by atoms with Gasteiger partial charge in [-0.15, -0.1) is 0 Å². The maximum Gasteiger partial charge on any atom is 0.138 e. The van der Waals surface area contributed by atoms with Gasteiger partial charge < -0.3 is 19.9 Å². The molecule has 1 aliphatic rings. The standard InChI is InChI=1S/C15H21Cl2NO3/c16-12-3-4-15(14(17)6-12)21-10-13(19)8-18-7-11-2-1-5-20-9-11/h3-4,6,11,13,18-19H,1-2,5,7-10H2. The lowest BCUT2D eigenvalue weighted by Gasteiger charge is -2.23. The van der Waals surface area contributed by atoms with Crippen LogP contribution in [0.2, 0.25) is 10.0 Å². The molecular weight excluding hydrogens is 313 g/mol. The summed E-state index contributed by atoms with van der Waals surface area (Å²) >= 11 is 11.8. The molecule has 0 radical (unpaired) electrons. The summed E-state index contributed by atoms with van der Waals surface area (Å²) in [5, 5.41) is 14.2. The first-order chi connectivity index (χ1) is 10.1. The second kappa shape index (κ2) is 8.81. The average molecular weight is 334 g/mol. The van der Waals surface area contributed by atoms with Gasteiger partial charge in [0.2, 0.25) is 0 Å². The van der Waals surface area contributed by atoms with Crippen molar-refractivity contribution in [3.8, 4) is 5.75 Å². The maximum absolute atomic E-state index is 9.90. The predicted molar refractivity (Wildman–Crippen MR) is 84.4 cm³/mol. The van der Waals surface area contributed by atoms with Gasteiger partial charge in [0.25, 0.3) is 0 Å². The summed E-state index contributed by atoms with van der Waals surface area (Å²) in [6.07, 6.45) is 1.72. The first kappa shape index (κ1) is 16.8. The molecule has 0 aromatic heterocycles. The Morgan fingerprint density at radius 3 is 3.00 bits per heavy atom. The van der Waals surface area contributed by atoms with Gasteiger partial charge in [0, 0.05) is 24.7 Å². The number of aliphatic hydroxyl groups excluding tert-OH is 1. The monoisotopic (exact) mass is 333 g/mol. The number of halogens is 2. The maximum atomic E-state index is 9.90. The highest BCUT2D eigenvalue weighted by atomic mass is 35.5. The van der Waals surface area contributed by atoms with Gasteiger partial charge >= 0.3 is 0 Å². The number of hydrogen-bond acceptors (Lipinski definition) is 4. The summed E-state index contributed by atoms with van der Waals surface area (Å²) in [4.78, 5) is 0. The second-order valence-electron chi connectivity index (χ2n) is 5.28. The first-order valence-corrected chi connectivity index (χ1v) is 7.95. The predicted octanol–water partition coefficient (Wildman–Crippen LogP) is 2.75. The van der Waals surface area contributed by atoms with E-state index in [1.165, 1.54) is 6.42 Å². The van der Waals surface area contributed by atoms with Crippen LogP contribution in [0.4, 0.5) is 0 Å². The van der Waals surface area contributed by atoms with Crippen LogP contribution >= 0.6 is 23.2 Å². The molecular formula is C15H21Cl2NO3. The van der Waals surface area contributed by atoms with Crippen LogP contribution in [0.3, 0.4) is 0 Å². The normalized spacial score (nSPS) is 20.2. The fourth-order valence-electron chi connectivity index (χ4n) is 2.26. The minimum atomic E-state index is -0.582. The SMILES string of the molecule is OC(CNCC1CCCOC1)COc1ccc(Cl)cc1Cl. The molecule has 2 rings (SSSR count). The van der Waals surface area contributed by atoms with Crippen LogP contribution in [0.15, 0.2) is 18.2 Å². The van der Waals surface area contributed by atoms with Crippen LogP contribution in [0.1, 0.15) is 12.8 Å². The Labute approximate surface area is 135 Å². The van der Waals surface area contributed by atoms with Gasteiger partial charge in [-0.2, -0.15) is 0 Å². The molecule has 0 saturated carbocycles. The minimum absolute atomic E-state index is 0.190. The first-order valence-electron chi connectivity index (χ1n) is 7.19. The minimum Gasteiger partial charge on any atom is -0.489 e. The molecule has 4 nitrogen and oxygen atoms in total. The van der Waals surface area contributed by atoms with Crippen LogP contribution < -0.4 is 10.1 Å². The third-order valence-corrected chi connectivity index (χ3v) is 3.92. The van der Waals surface area contributed by atoms with E-state index in [1.807, 2.05) is 0 Å². The number of rotatable bonds is 7. The molecule has 1 aliphatic heterocycles. The summed E-state index contributed by atoms with van der Waals surface area (Å²) in [6, 6.07) is 5.02. The molecule has 0 amide bonds. The fourth-order valence-corrected chi connectivity index (χ4v) is 2.72. The van der Waals surface area contributed by atoms with E-state index >= 15 is 0 Å². The molecule has 2 atom stereocenters. The molecule has 0 bridgehead atoms. The van der Waals surface area contributed by atoms with E-state index in [9.17, 15) is 5.11 Å². The molecule has 1 fully saturated rings. The van der Waals surface area contributed by atoms with Gasteiger partial charge in [0.05, 0.1) is 11.6 Å². The largest absolute Gasteiger partial charge is 0.489 e. The van der Waals surface area contributed by atoms with Crippen LogP contribution in [0.25, 0.3) is 0 Å². The lowest BCUT2D eigenvalue weighted by Crippen LogP contribution is -2.36. The van der Waals surface area contributed by atoms with Gasteiger partial charge in [-0.25, -0.2) is 0 Å². The number of benzene rings is 1. The van der Waals surface area contributed by atoms with Crippen molar-refractivity contribution in [2.75, 3.05) is 32.9 Å². The van der Waals surface area contributed by atoms with Crippen molar-refractivity contribution < 1.29 is 14.6 Å². The Morgan fingerprint density at radius 2 is 2.29 bits per heavy atom. The Morgan fingerprint density at radius 1 is 1.43 bits per heavy atom. The highest BCUT2D eigenvalue weighted by Gasteiger charge is 2.14. The zero-order chi connectivity index (χ0) is 15.1. The van der Waals surface area contributed by atoms with E-state index in [4.69, 9.17) is 32.7 Å². The van der Waals surface area contributed by atoms with Gasteiger partial charge in [0.15, 0.2) is 0 Å². The summed E-state index contributed by atoms with van der Waals surface area (Å²) in [5.41, 5.74) is 0. The van der Waals surface area contributed by atoms with Crippen LogP contribution in [-0.2, 0) is 4.74 Å². The summed E-state index contributed by atoms with van der Waals surface area (Å²) in [5.74, 6) is 1.07. The van der Waals surface area contributed by atoms with Crippen LogP contribution in [-0.4, -0.2) is 44.1 Å². The van der Waals surface area contributed by atoms with Gasteiger partial charge in [-0.05, 0) is 37.0 Å². The topological polar surface area (TPSA) is 50.7 Å². The van der Waals surface area contributed by atoms with Crippen molar-refractivity contribution in [1.29, 1.82) is 0 Å². The Bertz CT molecular complexity index is 439. The van der Waals surface area contributed by atoms with E-state index in [1.54, 1.807) is 18.2 Å². The highest BCUT2D eigenvalue weighted by molar-refractivity contribution is 6.35. The molecule has 2 unspecified atom stereocenters. The number of hydrogen-bond donors (Lipinski definition) is 2. The van der Waals surface area contributed by atoms with Crippen molar-refractivity contribution in [3.05, 3.63) is 28.2 Å². The molecule has 2 N–H and O–H groups in total. The Kier molecular flexibility index (Phi) is 7.07. The fraction of sp³-hybridized carbons (Fsp3) is 0.600. The molecule has 1 saturated heterocycles. The molecule has 118 valence electrons. The highest BCUT2D eigenvalue weighted by Crippen LogP contribution is 2.27. The lowest BCUT2D eigenvalue weighted by molar-refractivity contribution is 0.0516. The summed E-state index contributed by atoms with van der Waals surface area (Å²) < 4.78 is 10.9. The van der Waals surface area contributed by atoms with Gasteiger partial charge in [0.1, 0.15) is 18.5 Å². The van der Waals surface area contributed by atoms with E-state index in [2.05, 4.69) is 5.32 Å². The smallest absolute Gasteiger partial charge is 0.138 e. The van der Waals surface area contributed by atoms with Crippen molar-refractivity contribution in [2.24, 2.45) is 5.92 Å². The Balaban J connectivity index is 1.63. The molecule has 1 aromatic carbocycles. The summed E-state index contributed by atoms with van der Waals surface area (Å²) in [6.45, 7) is 3.21. The third-order valence-electron chi connectivity index (χ3n) is 3.39. The third kappa shape index (κ3) is 6.01. The molecule has 6 heteroatoms. The van der Waals surface area contributed by atoms with E-state index in [0.29, 0.717) is 28.3 Å².